The number of benzene rings is 2. The zero-order valence-electron chi connectivity index (χ0n) is 15.1. The number of ether oxygens (including phenoxy) is 1. The lowest BCUT2D eigenvalue weighted by molar-refractivity contribution is 0.0692. The van der Waals surface area contributed by atoms with Crippen molar-refractivity contribution in [2.45, 2.75) is 13.5 Å². The second kappa shape index (κ2) is 7.26. The van der Waals surface area contributed by atoms with Crippen LogP contribution in [0.3, 0.4) is 0 Å². The van der Waals surface area contributed by atoms with Gasteiger partial charge in [0.2, 0.25) is 5.88 Å². The van der Waals surface area contributed by atoms with Crippen LogP contribution in [0.25, 0.3) is 21.1 Å². The van der Waals surface area contributed by atoms with E-state index in [4.69, 9.17) is 16.3 Å². The summed E-state index contributed by atoms with van der Waals surface area (Å²) in [6.45, 7) is 2.18. The number of rotatable bonds is 5. The molecule has 2 heterocycles. The van der Waals surface area contributed by atoms with Crippen LogP contribution >= 0.6 is 22.9 Å². The van der Waals surface area contributed by atoms with E-state index < -0.39 is 5.97 Å². The lowest BCUT2D eigenvalue weighted by atomic mass is 10.0. The van der Waals surface area contributed by atoms with Crippen molar-refractivity contribution in [1.29, 1.82) is 0 Å². The first-order chi connectivity index (χ1) is 13.5. The van der Waals surface area contributed by atoms with Gasteiger partial charge in [0.25, 0.3) is 0 Å². The molecule has 4 rings (SSSR count). The number of anilines is 1. The molecule has 0 unspecified atom stereocenters. The van der Waals surface area contributed by atoms with E-state index in [1.165, 1.54) is 7.11 Å². The van der Waals surface area contributed by atoms with Crippen LogP contribution in [0.2, 0.25) is 5.02 Å². The van der Waals surface area contributed by atoms with Crippen molar-refractivity contribution >= 4 is 55.2 Å². The molecule has 0 aliphatic rings. The molecule has 8 heteroatoms. The van der Waals surface area contributed by atoms with Gasteiger partial charge in [-0.2, -0.15) is 0 Å². The summed E-state index contributed by atoms with van der Waals surface area (Å²) in [6, 6.07) is 11.5. The highest BCUT2D eigenvalue weighted by atomic mass is 35.5. The molecule has 0 saturated carbocycles. The quantitative estimate of drug-likeness (QED) is 0.472. The number of halogens is 1. The average Bonchev–Trinajstić information content (AvgIpc) is 3.09. The predicted molar refractivity (Wildman–Crippen MR) is 112 cm³/mol. The van der Waals surface area contributed by atoms with Crippen LogP contribution in [0, 0.1) is 6.92 Å². The fourth-order valence-corrected chi connectivity index (χ4v) is 4.28. The van der Waals surface area contributed by atoms with Gasteiger partial charge in [-0.05, 0) is 42.3 Å². The number of aromatic nitrogens is 2. The van der Waals surface area contributed by atoms with Crippen molar-refractivity contribution in [3.05, 3.63) is 58.1 Å². The van der Waals surface area contributed by atoms with E-state index in [9.17, 15) is 9.90 Å². The van der Waals surface area contributed by atoms with E-state index in [1.54, 1.807) is 24.3 Å². The molecule has 0 radical (unpaired) electrons. The maximum atomic E-state index is 11.6. The summed E-state index contributed by atoms with van der Waals surface area (Å²) >= 11 is 7.87. The summed E-state index contributed by atoms with van der Waals surface area (Å²) < 4.78 is 6.33. The summed E-state index contributed by atoms with van der Waals surface area (Å²) in [5, 5.41) is 14.8. The molecule has 4 aromatic rings. The van der Waals surface area contributed by atoms with Crippen molar-refractivity contribution in [3.63, 3.8) is 0 Å². The SMILES string of the molecule is COc1nc2c(CNc3nc4ccccc4s3)cc(Cl)cc2c(C)c1C(=O)O. The van der Waals surface area contributed by atoms with Gasteiger partial charge in [-0.25, -0.2) is 14.8 Å². The van der Waals surface area contributed by atoms with Crippen molar-refractivity contribution in [2.24, 2.45) is 0 Å². The number of pyridine rings is 1. The Morgan fingerprint density at radius 3 is 2.79 bits per heavy atom. The number of nitrogens with one attached hydrogen (secondary N) is 1. The van der Waals surface area contributed by atoms with Crippen molar-refractivity contribution in [1.82, 2.24) is 9.97 Å². The number of carbonyl (C=O) groups is 1. The third kappa shape index (κ3) is 3.23. The Morgan fingerprint density at radius 1 is 1.29 bits per heavy atom. The maximum absolute atomic E-state index is 11.6. The Balaban J connectivity index is 1.77. The van der Waals surface area contributed by atoms with E-state index in [0.29, 0.717) is 28.0 Å². The molecule has 0 saturated heterocycles. The molecule has 2 aromatic heterocycles. The second-order valence-electron chi connectivity index (χ2n) is 6.23. The van der Waals surface area contributed by atoms with Gasteiger partial charge >= 0.3 is 5.97 Å². The molecule has 0 fully saturated rings. The van der Waals surface area contributed by atoms with Crippen molar-refractivity contribution in [2.75, 3.05) is 12.4 Å². The average molecular weight is 414 g/mol. The molecule has 6 nitrogen and oxygen atoms in total. The third-order valence-corrected chi connectivity index (χ3v) is 5.70. The largest absolute Gasteiger partial charge is 0.480 e. The number of hydrogen-bond acceptors (Lipinski definition) is 6. The van der Waals surface area contributed by atoms with Gasteiger partial charge in [0.05, 0.1) is 22.8 Å². The highest BCUT2D eigenvalue weighted by molar-refractivity contribution is 7.22. The Hall–Kier alpha value is -2.90. The first kappa shape index (κ1) is 18.5. The molecule has 2 aromatic carbocycles. The van der Waals surface area contributed by atoms with Crippen LogP contribution in [0.5, 0.6) is 5.88 Å². The number of carboxylic acid groups (broad SMARTS) is 1. The molecular formula is C20H16ClN3O3S. The minimum absolute atomic E-state index is 0.0438. The number of nitrogens with zero attached hydrogens (tertiary/aromatic N) is 2. The number of para-hydroxylation sites is 1. The zero-order valence-corrected chi connectivity index (χ0v) is 16.7. The second-order valence-corrected chi connectivity index (χ2v) is 7.69. The van der Waals surface area contributed by atoms with Crippen molar-refractivity contribution < 1.29 is 14.6 Å². The number of thiazole rings is 1. The summed E-state index contributed by atoms with van der Waals surface area (Å²) in [5.74, 6) is -1.00. The Bertz CT molecular complexity index is 1190. The van der Waals surface area contributed by atoms with Gasteiger partial charge in [0, 0.05) is 17.0 Å². The molecule has 0 spiro atoms. The number of carboxylic acids is 1. The molecule has 0 aliphatic carbocycles. The van der Waals surface area contributed by atoms with Crippen LogP contribution in [0.15, 0.2) is 36.4 Å². The number of aromatic carboxylic acids is 1. The standard InChI is InChI=1S/C20H16ClN3O3S/c1-10-13-8-12(21)7-11(17(13)24-18(27-2)16(10)19(25)26)9-22-20-23-14-5-3-4-6-15(14)28-20/h3-8H,9H2,1-2H3,(H,22,23)(H,25,26). The van der Waals surface area contributed by atoms with E-state index in [1.807, 2.05) is 30.3 Å². The molecule has 0 amide bonds. The van der Waals surface area contributed by atoms with Gasteiger partial charge < -0.3 is 15.2 Å². The van der Waals surface area contributed by atoms with Crippen LogP contribution in [-0.4, -0.2) is 28.2 Å². The molecule has 2 N–H and O–H groups in total. The van der Waals surface area contributed by atoms with E-state index >= 15 is 0 Å². The zero-order chi connectivity index (χ0) is 19.8. The number of methoxy groups -OCH3 is 1. The minimum Gasteiger partial charge on any atom is -0.480 e. The molecule has 142 valence electrons. The number of hydrogen-bond donors (Lipinski definition) is 2. The Labute approximate surface area is 169 Å². The highest BCUT2D eigenvalue weighted by Gasteiger charge is 2.20. The van der Waals surface area contributed by atoms with Gasteiger partial charge in [0.15, 0.2) is 5.13 Å². The summed E-state index contributed by atoms with van der Waals surface area (Å²) in [6.07, 6.45) is 0. The summed E-state index contributed by atoms with van der Waals surface area (Å²) in [7, 11) is 1.41. The minimum atomic E-state index is -1.09. The van der Waals surface area contributed by atoms with E-state index in [-0.39, 0.29) is 11.4 Å². The van der Waals surface area contributed by atoms with Crippen LogP contribution in [0.1, 0.15) is 21.5 Å². The summed E-state index contributed by atoms with van der Waals surface area (Å²) in [5.41, 5.74) is 3.03. The summed E-state index contributed by atoms with van der Waals surface area (Å²) in [4.78, 5) is 20.7. The highest BCUT2D eigenvalue weighted by Crippen LogP contribution is 2.33. The fourth-order valence-electron chi connectivity index (χ4n) is 3.18. The first-order valence-electron chi connectivity index (χ1n) is 8.47. The smallest absolute Gasteiger partial charge is 0.341 e. The fraction of sp³-hybridized carbons (Fsp3) is 0.150. The Morgan fingerprint density at radius 2 is 2.07 bits per heavy atom. The third-order valence-electron chi connectivity index (χ3n) is 4.49. The van der Waals surface area contributed by atoms with Crippen LogP contribution in [-0.2, 0) is 6.54 Å². The number of fused-ring (bicyclic) bond motifs is 2. The maximum Gasteiger partial charge on any atom is 0.341 e. The van der Waals surface area contributed by atoms with Crippen molar-refractivity contribution in [3.8, 4) is 5.88 Å². The Kier molecular flexibility index (Phi) is 4.78. The molecule has 28 heavy (non-hydrogen) atoms. The van der Waals surface area contributed by atoms with Gasteiger partial charge in [-0.15, -0.1) is 0 Å². The molecular weight excluding hydrogens is 398 g/mol. The lowest BCUT2D eigenvalue weighted by Crippen LogP contribution is -2.08. The first-order valence-corrected chi connectivity index (χ1v) is 9.67. The van der Waals surface area contributed by atoms with Gasteiger partial charge in [-0.3, -0.25) is 0 Å². The van der Waals surface area contributed by atoms with Crippen LogP contribution < -0.4 is 10.1 Å². The van der Waals surface area contributed by atoms with Crippen LogP contribution in [0.4, 0.5) is 5.13 Å². The molecule has 0 bridgehead atoms. The van der Waals surface area contributed by atoms with Gasteiger partial charge in [0.1, 0.15) is 5.56 Å². The predicted octanol–water partition coefficient (Wildman–Crippen LogP) is 5.13. The molecule has 0 aliphatic heterocycles. The monoisotopic (exact) mass is 413 g/mol. The van der Waals surface area contributed by atoms with E-state index in [2.05, 4.69) is 15.3 Å². The topological polar surface area (TPSA) is 84.3 Å². The number of aryl methyl sites for hydroxylation is 1. The van der Waals surface area contributed by atoms with E-state index in [0.717, 1.165) is 20.9 Å². The lowest BCUT2D eigenvalue weighted by Gasteiger charge is -2.14. The molecule has 0 atom stereocenters. The normalized spacial score (nSPS) is 11.1. The van der Waals surface area contributed by atoms with Gasteiger partial charge in [-0.1, -0.05) is 35.1 Å².